The molecule has 5 N–H and O–H groups in total. The predicted molar refractivity (Wildman–Crippen MR) is 152 cm³/mol. The van der Waals surface area contributed by atoms with Gasteiger partial charge in [-0.05, 0) is 30.4 Å². The lowest BCUT2D eigenvalue weighted by atomic mass is 10.0. The van der Waals surface area contributed by atoms with E-state index in [0.717, 1.165) is 11.1 Å². The molecule has 0 aromatic heterocycles. The first-order chi connectivity index (χ1) is 19.2. The Bertz CT molecular complexity index is 1110. The molecule has 2 aromatic carbocycles. The van der Waals surface area contributed by atoms with Gasteiger partial charge in [0, 0.05) is 19.0 Å². The van der Waals surface area contributed by atoms with Crippen molar-refractivity contribution in [3.8, 4) is 0 Å². The Labute approximate surface area is 235 Å². The second-order valence-electron chi connectivity index (χ2n) is 9.60. The monoisotopic (exact) mass is 552 g/mol. The van der Waals surface area contributed by atoms with E-state index in [1.165, 1.54) is 12.2 Å². The molecule has 2 rings (SSSR count). The summed E-state index contributed by atoms with van der Waals surface area (Å²) in [6.07, 6.45) is 2.45. The fourth-order valence-electron chi connectivity index (χ4n) is 3.80. The van der Waals surface area contributed by atoms with Gasteiger partial charge < -0.3 is 31.2 Å². The van der Waals surface area contributed by atoms with Crippen molar-refractivity contribution in [2.45, 2.75) is 58.3 Å². The highest BCUT2D eigenvalue weighted by Crippen LogP contribution is 2.09. The first-order valence-corrected chi connectivity index (χ1v) is 13.4. The molecule has 0 radical (unpaired) electrons. The number of carbonyl (C=O) groups excluding carboxylic acids is 4. The number of hydrogen-bond donors (Lipinski definition) is 4. The maximum absolute atomic E-state index is 13.4. The highest BCUT2D eigenvalue weighted by Gasteiger charge is 2.28. The zero-order valence-electron chi connectivity index (χ0n) is 23.3. The van der Waals surface area contributed by atoms with Crippen molar-refractivity contribution in [3.05, 3.63) is 83.9 Å². The molecular formula is C30H40N4O6. The van der Waals surface area contributed by atoms with Crippen LogP contribution >= 0.6 is 0 Å². The van der Waals surface area contributed by atoms with Crippen molar-refractivity contribution >= 4 is 23.9 Å². The Hall–Kier alpha value is -4.18. The summed E-state index contributed by atoms with van der Waals surface area (Å²) in [6, 6.07) is 15.8. The lowest BCUT2D eigenvalue weighted by Crippen LogP contribution is -2.56. The molecule has 0 unspecified atom stereocenters. The number of esters is 1. The van der Waals surface area contributed by atoms with E-state index >= 15 is 0 Å². The summed E-state index contributed by atoms with van der Waals surface area (Å²) in [7, 11) is 0. The quantitative estimate of drug-likeness (QED) is 0.196. The van der Waals surface area contributed by atoms with Gasteiger partial charge in [-0.2, -0.15) is 0 Å². The molecule has 0 saturated carbocycles. The maximum atomic E-state index is 13.4. The summed E-state index contributed by atoms with van der Waals surface area (Å²) in [5, 5.41) is 8.19. The standard InChI is InChI=1S/C30H40N4O6/c1-4-39-27(35)16-15-24(19-31)32-28(36)26(18-22-11-7-5-8-12-22)33-29(37)25(17-21(2)3)34-30(38)40-20-23-13-9-6-10-14-23/h5-16,21,24-26H,4,17-20,31H2,1-3H3,(H,32,36)(H,33,37)(H,34,38)/b16-15+/t24-,25+,26+/m1/s1. The minimum Gasteiger partial charge on any atom is -0.463 e. The van der Waals surface area contributed by atoms with Crippen molar-refractivity contribution in [2.24, 2.45) is 11.7 Å². The van der Waals surface area contributed by atoms with Gasteiger partial charge in [0.05, 0.1) is 12.6 Å². The molecule has 0 saturated heterocycles. The van der Waals surface area contributed by atoms with Gasteiger partial charge in [0.25, 0.3) is 0 Å². The van der Waals surface area contributed by atoms with Crippen LogP contribution in [0, 0.1) is 5.92 Å². The van der Waals surface area contributed by atoms with Crippen LogP contribution < -0.4 is 21.7 Å². The molecule has 10 heteroatoms. The zero-order chi connectivity index (χ0) is 29.3. The van der Waals surface area contributed by atoms with Crippen LogP contribution in [-0.2, 0) is 36.9 Å². The van der Waals surface area contributed by atoms with E-state index in [1.54, 1.807) is 6.92 Å². The largest absolute Gasteiger partial charge is 0.463 e. The van der Waals surface area contributed by atoms with Crippen molar-refractivity contribution in [3.63, 3.8) is 0 Å². The Morgan fingerprint density at radius 3 is 2.00 bits per heavy atom. The van der Waals surface area contributed by atoms with Crippen molar-refractivity contribution in [1.29, 1.82) is 0 Å². The molecule has 3 atom stereocenters. The van der Waals surface area contributed by atoms with Crippen LogP contribution in [0.15, 0.2) is 72.8 Å². The highest BCUT2D eigenvalue weighted by atomic mass is 16.5. The minimum absolute atomic E-state index is 0.0262. The molecule has 40 heavy (non-hydrogen) atoms. The predicted octanol–water partition coefficient (Wildman–Crippen LogP) is 2.62. The minimum atomic E-state index is -0.975. The molecule has 0 fully saturated rings. The third-order valence-corrected chi connectivity index (χ3v) is 5.78. The fourth-order valence-corrected chi connectivity index (χ4v) is 3.80. The van der Waals surface area contributed by atoms with Crippen molar-refractivity contribution in [1.82, 2.24) is 16.0 Å². The lowest BCUT2D eigenvalue weighted by molar-refractivity contribution is -0.137. The van der Waals surface area contributed by atoms with Crippen LogP contribution in [0.1, 0.15) is 38.3 Å². The number of nitrogens with one attached hydrogen (secondary N) is 3. The Morgan fingerprint density at radius 1 is 0.825 bits per heavy atom. The number of amides is 3. The number of rotatable bonds is 15. The highest BCUT2D eigenvalue weighted by molar-refractivity contribution is 5.91. The Morgan fingerprint density at radius 2 is 1.43 bits per heavy atom. The number of alkyl carbamates (subject to hydrolysis) is 1. The first kappa shape index (κ1) is 32.0. The first-order valence-electron chi connectivity index (χ1n) is 13.4. The summed E-state index contributed by atoms with van der Waals surface area (Å²) in [5.74, 6) is -1.49. The van der Waals surface area contributed by atoms with Gasteiger partial charge in [-0.25, -0.2) is 9.59 Å². The second kappa shape index (κ2) is 17.4. The molecule has 216 valence electrons. The number of benzene rings is 2. The van der Waals surface area contributed by atoms with E-state index in [0.29, 0.717) is 6.42 Å². The summed E-state index contributed by atoms with van der Waals surface area (Å²) < 4.78 is 10.2. The normalized spacial score (nSPS) is 13.2. The van der Waals surface area contributed by atoms with Crippen molar-refractivity contribution < 1.29 is 28.7 Å². The van der Waals surface area contributed by atoms with Crippen molar-refractivity contribution in [2.75, 3.05) is 13.2 Å². The summed E-state index contributed by atoms with van der Waals surface area (Å²) >= 11 is 0. The van der Waals surface area contributed by atoms with Crippen LogP contribution in [0.25, 0.3) is 0 Å². The molecule has 0 aliphatic heterocycles. The lowest BCUT2D eigenvalue weighted by Gasteiger charge is -2.25. The van der Waals surface area contributed by atoms with E-state index in [1.807, 2.05) is 74.5 Å². The third kappa shape index (κ3) is 12.1. The van der Waals surface area contributed by atoms with E-state index in [-0.39, 0.29) is 32.1 Å². The summed E-state index contributed by atoms with van der Waals surface area (Å²) in [5.41, 5.74) is 7.43. The van der Waals surface area contributed by atoms with E-state index < -0.39 is 42.0 Å². The molecular weight excluding hydrogens is 512 g/mol. The van der Waals surface area contributed by atoms with Gasteiger partial charge in [0.2, 0.25) is 11.8 Å². The molecule has 2 aromatic rings. The Kier molecular flexibility index (Phi) is 13.9. The Balaban J connectivity index is 2.14. The molecule has 3 amide bonds. The number of ether oxygens (including phenoxy) is 2. The SMILES string of the molecule is CCOC(=O)/C=C/[C@H](CN)NC(=O)[C@H](Cc1ccccc1)NC(=O)[C@H](CC(C)C)NC(=O)OCc1ccccc1. The molecule has 0 bridgehead atoms. The van der Waals surface area contributed by atoms with Crippen LogP contribution in [-0.4, -0.2) is 55.2 Å². The van der Waals surface area contributed by atoms with Gasteiger partial charge in [-0.1, -0.05) is 80.6 Å². The fraction of sp³-hybridized carbons (Fsp3) is 0.400. The van der Waals surface area contributed by atoms with Crippen LogP contribution in [0.2, 0.25) is 0 Å². The van der Waals surface area contributed by atoms with Crippen LogP contribution in [0.3, 0.4) is 0 Å². The maximum Gasteiger partial charge on any atom is 0.408 e. The van der Waals surface area contributed by atoms with Gasteiger partial charge in [0.15, 0.2) is 0 Å². The average Bonchev–Trinajstić information content (AvgIpc) is 2.94. The van der Waals surface area contributed by atoms with E-state index in [9.17, 15) is 19.2 Å². The van der Waals surface area contributed by atoms with Gasteiger partial charge in [0.1, 0.15) is 18.7 Å². The molecule has 0 aliphatic carbocycles. The second-order valence-corrected chi connectivity index (χ2v) is 9.60. The van der Waals surface area contributed by atoms with Gasteiger partial charge in [-0.3, -0.25) is 9.59 Å². The molecule has 0 heterocycles. The number of carbonyl (C=O) groups is 4. The third-order valence-electron chi connectivity index (χ3n) is 5.78. The van der Waals surface area contributed by atoms with Crippen LogP contribution in [0.4, 0.5) is 4.79 Å². The topological polar surface area (TPSA) is 149 Å². The summed E-state index contributed by atoms with van der Waals surface area (Å²) in [4.78, 5) is 50.9. The van der Waals surface area contributed by atoms with E-state index in [2.05, 4.69) is 16.0 Å². The van der Waals surface area contributed by atoms with Gasteiger partial charge >= 0.3 is 12.1 Å². The average molecular weight is 553 g/mol. The van der Waals surface area contributed by atoms with E-state index in [4.69, 9.17) is 15.2 Å². The zero-order valence-corrected chi connectivity index (χ0v) is 23.3. The number of hydrogen-bond acceptors (Lipinski definition) is 7. The summed E-state index contributed by atoms with van der Waals surface area (Å²) in [6.45, 7) is 5.84. The smallest absolute Gasteiger partial charge is 0.408 e. The molecule has 10 nitrogen and oxygen atoms in total. The molecule has 0 spiro atoms. The molecule has 0 aliphatic rings. The van der Waals surface area contributed by atoms with Gasteiger partial charge in [-0.15, -0.1) is 0 Å². The van der Waals surface area contributed by atoms with Crippen LogP contribution in [0.5, 0.6) is 0 Å². The number of nitrogens with two attached hydrogens (primary N) is 1.